The molecule has 27 heavy (non-hydrogen) atoms. The molecular weight excluding hydrogens is 410 g/mol. The van der Waals surface area contributed by atoms with Crippen LogP contribution >= 0.6 is 23.2 Å². The molecule has 3 aromatic rings. The first kappa shape index (κ1) is 18.5. The Hall–Kier alpha value is -3.28. The van der Waals surface area contributed by atoms with E-state index < -0.39 is 12.1 Å². The number of H-pyrrole nitrogens is 1. The van der Waals surface area contributed by atoms with E-state index in [-0.39, 0.29) is 38.6 Å². The van der Waals surface area contributed by atoms with Crippen LogP contribution in [0.2, 0.25) is 10.0 Å². The van der Waals surface area contributed by atoms with Crippen LogP contribution in [0.15, 0.2) is 18.3 Å². The van der Waals surface area contributed by atoms with E-state index in [1.54, 1.807) is 12.1 Å². The zero-order valence-corrected chi connectivity index (χ0v) is 14.2. The summed E-state index contributed by atoms with van der Waals surface area (Å²) in [6.45, 7) is 0. The summed E-state index contributed by atoms with van der Waals surface area (Å²) in [7, 11) is 0. The first-order valence-electron chi connectivity index (χ1n) is 6.80. The van der Waals surface area contributed by atoms with Crippen LogP contribution in [0.4, 0.5) is 13.2 Å². The van der Waals surface area contributed by atoms with Gasteiger partial charge in [-0.15, -0.1) is 23.1 Å². The summed E-state index contributed by atoms with van der Waals surface area (Å²) in [6.07, 6.45) is -3.66. The quantitative estimate of drug-likeness (QED) is 0.700. The van der Waals surface area contributed by atoms with Crippen molar-refractivity contribution in [2.24, 2.45) is 0 Å². The summed E-state index contributed by atoms with van der Waals surface area (Å²) in [5.74, 6) is -0.504. The molecule has 13 heteroatoms. The molecule has 0 radical (unpaired) electrons. The van der Waals surface area contributed by atoms with Gasteiger partial charge in [-0.1, -0.05) is 23.2 Å². The second-order valence-corrected chi connectivity index (χ2v) is 5.65. The zero-order valence-electron chi connectivity index (χ0n) is 12.7. The minimum absolute atomic E-state index is 0.00618. The third kappa shape index (κ3) is 3.79. The van der Waals surface area contributed by atoms with Crippen molar-refractivity contribution in [3.8, 4) is 35.1 Å². The lowest BCUT2D eigenvalue weighted by molar-refractivity contribution is -0.274. The Morgan fingerprint density at radius 1 is 1.15 bits per heavy atom. The van der Waals surface area contributed by atoms with Crippen molar-refractivity contribution in [2.45, 2.75) is 6.36 Å². The third-order valence-electron chi connectivity index (χ3n) is 3.08. The topological polar surface area (TPSA) is 116 Å². The molecular formula is C14H4Cl2F3N7O. The van der Waals surface area contributed by atoms with Crippen molar-refractivity contribution in [1.29, 1.82) is 10.5 Å². The number of benzene rings is 1. The van der Waals surface area contributed by atoms with Crippen molar-refractivity contribution >= 4 is 23.2 Å². The molecule has 136 valence electrons. The van der Waals surface area contributed by atoms with E-state index >= 15 is 0 Å². The normalized spacial score (nSPS) is 11.1. The summed E-state index contributed by atoms with van der Waals surface area (Å²) in [4.78, 5) is 7.49. The van der Waals surface area contributed by atoms with E-state index in [1.807, 2.05) is 0 Å². The number of nitriles is 2. The van der Waals surface area contributed by atoms with Crippen molar-refractivity contribution in [1.82, 2.24) is 25.0 Å². The molecule has 1 aromatic carbocycles. The maximum atomic E-state index is 12.3. The summed E-state index contributed by atoms with van der Waals surface area (Å²) < 4.78 is 40.7. The number of rotatable bonds is 3. The van der Waals surface area contributed by atoms with Gasteiger partial charge in [0.2, 0.25) is 0 Å². The van der Waals surface area contributed by atoms with Crippen molar-refractivity contribution in [3.05, 3.63) is 39.8 Å². The van der Waals surface area contributed by atoms with E-state index in [1.165, 1.54) is 6.20 Å². The fourth-order valence-corrected chi connectivity index (χ4v) is 2.68. The van der Waals surface area contributed by atoms with Crippen LogP contribution < -0.4 is 4.74 Å². The molecule has 8 nitrogen and oxygen atoms in total. The molecule has 0 amide bonds. The maximum absolute atomic E-state index is 12.3. The Morgan fingerprint density at radius 2 is 1.81 bits per heavy atom. The van der Waals surface area contributed by atoms with Crippen LogP contribution in [-0.2, 0) is 0 Å². The van der Waals surface area contributed by atoms with Crippen molar-refractivity contribution < 1.29 is 17.9 Å². The lowest BCUT2D eigenvalue weighted by Gasteiger charge is -2.12. The lowest BCUT2D eigenvalue weighted by atomic mass is 10.3. The fourth-order valence-electron chi connectivity index (χ4n) is 2.06. The van der Waals surface area contributed by atoms with E-state index in [0.717, 1.165) is 16.9 Å². The highest BCUT2D eigenvalue weighted by Gasteiger charge is 2.32. The molecule has 0 unspecified atom stereocenters. The van der Waals surface area contributed by atoms with Gasteiger partial charge in [0.15, 0.2) is 17.2 Å². The van der Waals surface area contributed by atoms with Crippen LogP contribution in [0.5, 0.6) is 5.75 Å². The molecule has 1 N–H and O–H groups in total. The van der Waals surface area contributed by atoms with Crippen LogP contribution in [-0.4, -0.2) is 31.3 Å². The van der Waals surface area contributed by atoms with Gasteiger partial charge in [-0.05, 0) is 0 Å². The Morgan fingerprint density at radius 3 is 2.33 bits per heavy atom. The van der Waals surface area contributed by atoms with Crippen LogP contribution in [0.25, 0.3) is 17.2 Å². The minimum atomic E-state index is -4.90. The molecule has 0 aliphatic heterocycles. The van der Waals surface area contributed by atoms with Gasteiger partial charge in [-0.25, -0.2) is 4.98 Å². The molecule has 0 bridgehead atoms. The monoisotopic (exact) mass is 413 g/mol. The average Bonchev–Trinajstić information content (AvgIpc) is 3.18. The predicted molar refractivity (Wildman–Crippen MR) is 85.1 cm³/mol. The molecule has 0 saturated heterocycles. The lowest BCUT2D eigenvalue weighted by Crippen LogP contribution is -2.17. The fraction of sp³-hybridized carbons (Fsp3) is 0.0714. The molecule has 2 heterocycles. The molecule has 2 aromatic heterocycles. The Kier molecular flexibility index (Phi) is 4.66. The van der Waals surface area contributed by atoms with Gasteiger partial charge in [0.05, 0.1) is 16.2 Å². The number of alkyl halides is 3. The van der Waals surface area contributed by atoms with E-state index in [0.29, 0.717) is 0 Å². The largest absolute Gasteiger partial charge is 0.573 e. The van der Waals surface area contributed by atoms with Gasteiger partial charge < -0.3 is 9.72 Å². The third-order valence-corrected chi connectivity index (χ3v) is 3.66. The molecule has 0 fully saturated rings. The van der Waals surface area contributed by atoms with Crippen molar-refractivity contribution in [2.75, 3.05) is 0 Å². The second-order valence-electron chi connectivity index (χ2n) is 4.84. The molecule has 0 atom stereocenters. The smallest absolute Gasteiger partial charge is 0.406 e. The Bertz CT molecular complexity index is 1050. The first-order valence-corrected chi connectivity index (χ1v) is 7.55. The number of aromatic amines is 1. The number of imidazole rings is 1. The van der Waals surface area contributed by atoms with Crippen LogP contribution in [0.1, 0.15) is 11.4 Å². The number of nitrogens with zero attached hydrogens (tertiary/aromatic N) is 6. The first-order chi connectivity index (χ1) is 12.7. The van der Waals surface area contributed by atoms with Gasteiger partial charge in [-0.2, -0.15) is 15.6 Å². The van der Waals surface area contributed by atoms with Gasteiger partial charge in [0, 0.05) is 12.1 Å². The summed E-state index contributed by atoms with van der Waals surface area (Å²) in [6, 6.07) is 5.35. The van der Waals surface area contributed by atoms with E-state index in [4.69, 9.17) is 33.7 Å². The van der Waals surface area contributed by atoms with E-state index in [2.05, 4.69) is 24.9 Å². The summed E-state index contributed by atoms with van der Waals surface area (Å²) in [5, 5.41) is 25.4. The molecule has 3 rings (SSSR count). The summed E-state index contributed by atoms with van der Waals surface area (Å²) in [5.41, 5.74) is -0.0130. The van der Waals surface area contributed by atoms with Crippen molar-refractivity contribution in [3.63, 3.8) is 0 Å². The zero-order chi connectivity index (χ0) is 19.8. The Labute approximate surface area is 158 Å². The molecule has 0 saturated carbocycles. The number of aromatic nitrogens is 5. The van der Waals surface area contributed by atoms with E-state index in [9.17, 15) is 13.2 Å². The predicted octanol–water partition coefficient (Wildman–Crippen LogP) is 3.61. The van der Waals surface area contributed by atoms with Gasteiger partial charge in [-0.3, -0.25) is 0 Å². The van der Waals surface area contributed by atoms with Gasteiger partial charge in [0.25, 0.3) is 0 Å². The van der Waals surface area contributed by atoms with Gasteiger partial charge >= 0.3 is 6.36 Å². The molecule has 0 spiro atoms. The number of hydrogen-bond donors (Lipinski definition) is 1. The highest BCUT2D eigenvalue weighted by molar-refractivity contribution is 6.38. The number of hydrogen-bond acceptors (Lipinski definition) is 6. The SMILES string of the molecule is N#Cc1nc(-c2cnn(-c3c(Cl)cc(OC(F)(F)F)cc3Cl)n2)[nH]c1C#N. The minimum Gasteiger partial charge on any atom is -0.406 e. The number of ether oxygens (including phenoxy) is 1. The maximum Gasteiger partial charge on any atom is 0.573 e. The molecule has 0 aliphatic carbocycles. The summed E-state index contributed by atoms with van der Waals surface area (Å²) >= 11 is 12.0. The number of halogens is 5. The average molecular weight is 414 g/mol. The highest BCUT2D eigenvalue weighted by Crippen LogP contribution is 2.35. The second kappa shape index (κ2) is 6.79. The van der Waals surface area contributed by atoms with Gasteiger partial charge in [0.1, 0.15) is 29.3 Å². The highest BCUT2D eigenvalue weighted by atomic mass is 35.5. The standard InChI is InChI=1S/C14H4Cl2F3N7O/c15-7-1-6(27-14(17,18)19)2-8(16)12(7)26-22-5-11(25-26)13-23-9(3-20)10(4-21)24-13/h1-2,5H,(H,23,24). The van der Waals surface area contributed by atoms with Crippen LogP contribution in [0, 0.1) is 22.7 Å². The molecule has 0 aliphatic rings. The van der Waals surface area contributed by atoms with Crippen LogP contribution in [0.3, 0.4) is 0 Å². The number of nitrogens with one attached hydrogen (secondary N) is 1. The Balaban J connectivity index is 1.99.